The molecule has 2 heterocycles. The van der Waals surface area contributed by atoms with Crippen LogP contribution in [0.5, 0.6) is 0 Å². The minimum Gasteiger partial charge on any atom is -0.480 e. The number of hydrogen-bond acceptors (Lipinski definition) is 6. The van der Waals surface area contributed by atoms with Crippen LogP contribution < -0.4 is 15.8 Å². The van der Waals surface area contributed by atoms with Crippen LogP contribution in [0.2, 0.25) is 0 Å². The van der Waals surface area contributed by atoms with E-state index in [1.54, 1.807) is 4.90 Å². The van der Waals surface area contributed by atoms with Crippen LogP contribution in [0.15, 0.2) is 15.5 Å². The number of carbonyl (C=O) groups is 1. The van der Waals surface area contributed by atoms with Crippen LogP contribution in [0.3, 0.4) is 0 Å². The summed E-state index contributed by atoms with van der Waals surface area (Å²) in [4.78, 5) is 25.0. The highest BCUT2D eigenvalue weighted by atomic mass is 79.9. The van der Waals surface area contributed by atoms with Crippen LogP contribution in [0, 0.1) is 0 Å². The number of piperazine rings is 1. The third-order valence-electron chi connectivity index (χ3n) is 3.12. The first-order valence-corrected chi connectivity index (χ1v) is 6.92. The second-order valence-corrected chi connectivity index (χ2v) is 5.14. The number of carboxylic acid groups (broad SMARTS) is 1. The number of aromatic nitrogens is 2. The molecule has 0 amide bonds. The fraction of sp³-hybridized carbons (Fsp3) is 0.545. The Morgan fingerprint density at radius 1 is 1.60 bits per heavy atom. The van der Waals surface area contributed by atoms with E-state index < -0.39 is 12.0 Å². The summed E-state index contributed by atoms with van der Waals surface area (Å²) >= 11 is 3.20. The van der Waals surface area contributed by atoms with Crippen molar-refractivity contribution in [2.24, 2.45) is 0 Å². The molecular formula is C11H15BrN4O4. The smallest absolute Gasteiger partial charge is 0.327 e. The van der Waals surface area contributed by atoms with Crippen molar-refractivity contribution in [1.29, 1.82) is 0 Å². The Labute approximate surface area is 123 Å². The lowest BCUT2D eigenvalue weighted by molar-refractivity contribution is -0.138. The molecule has 0 aliphatic carbocycles. The summed E-state index contributed by atoms with van der Waals surface area (Å²) in [6, 6.07) is -0.741. The maximum absolute atomic E-state index is 12.1. The lowest BCUT2D eigenvalue weighted by Crippen LogP contribution is -2.55. The van der Waals surface area contributed by atoms with Crippen molar-refractivity contribution in [3.05, 3.63) is 21.0 Å². The fourth-order valence-corrected chi connectivity index (χ4v) is 2.66. The molecule has 1 aromatic rings. The molecule has 1 aliphatic rings. The van der Waals surface area contributed by atoms with Crippen molar-refractivity contribution in [2.75, 3.05) is 31.1 Å². The van der Waals surface area contributed by atoms with Gasteiger partial charge in [-0.15, -0.1) is 0 Å². The van der Waals surface area contributed by atoms with Gasteiger partial charge in [0.05, 0.1) is 25.0 Å². The third kappa shape index (κ3) is 2.84. The minimum atomic E-state index is -0.955. The number of carboxylic acids is 1. The highest BCUT2D eigenvalue weighted by Crippen LogP contribution is 2.24. The summed E-state index contributed by atoms with van der Waals surface area (Å²) in [6.45, 7) is 1.32. The number of rotatable bonds is 4. The first-order valence-electron chi connectivity index (χ1n) is 6.13. The van der Waals surface area contributed by atoms with E-state index >= 15 is 0 Å². The van der Waals surface area contributed by atoms with Gasteiger partial charge in [-0.3, -0.25) is 4.79 Å². The normalized spacial score (nSPS) is 19.1. The fourth-order valence-electron chi connectivity index (χ4n) is 2.12. The van der Waals surface area contributed by atoms with Crippen LogP contribution in [-0.4, -0.2) is 58.2 Å². The van der Waals surface area contributed by atoms with Crippen LogP contribution >= 0.6 is 15.9 Å². The second kappa shape index (κ2) is 6.33. The number of aliphatic hydroxyl groups is 1. The number of aliphatic carboxylic acids is 1. The lowest BCUT2D eigenvalue weighted by atomic mass is 10.2. The van der Waals surface area contributed by atoms with Gasteiger partial charge in [-0.2, -0.15) is 5.10 Å². The molecule has 20 heavy (non-hydrogen) atoms. The Kier molecular flexibility index (Phi) is 4.73. The molecule has 1 fully saturated rings. The Morgan fingerprint density at radius 3 is 3.00 bits per heavy atom. The monoisotopic (exact) mass is 346 g/mol. The van der Waals surface area contributed by atoms with Gasteiger partial charge in [-0.25, -0.2) is 9.48 Å². The second-order valence-electron chi connectivity index (χ2n) is 4.35. The van der Waals surface area contributed by atoms with Crippen molar-refractivity contribution in [3.63, 3.8) is 0 Å². The van der Waals surface area contributed by atoms with Gasteiger partial charge >= 0.3 is 5.97 Å². The molecule has 9 heteroatoms. The van der Waals surface area contributed by atoms with Gasteiger partial charge in [-0.05, 0) is 15.9 Å². The highest BCUT2D eigenvalue weighted by molar-refractivity contribution is 9.10. The molecule has 0 radical (unpaired) electrons. The molecular weight excluding hydrogens is 332 g/mol. The predicted molar refractivity (Wildman–Crippen MR) is 74.9 cm³/mol. The number of hydrogen-bond donors (Lipinski definition) is 3. The summed E-state index contributed by atoms with van der Waals surface area (Å²) < 4.78 is 1.39. The van der Waals surface area contributed by atoms with Crippen molar-refractivity contribution in [2.45, 2.75) is 12.6 Å². The molecule has 1 unspecified atom stereocenters. The van der Waals surface area contributed by atoms with Gasteiger partial charge in [0.15, 0.2) is 0 Å². The number of halogens is 1. The zero-order valence-corrected chi connectivity index (χ0v) is 12.2. The van der Waals surface area contributed by atoms with Crippen LogP contribution in [0.1, 0.15) is 0 Å². The summed E-state index contributed by atoms with van der Waals surface area (Å²) in [6.07, 6.45) is 1.45. The summed E-state index contributed by atoms with van der Waals surface area (Å²) in [7, 11) is 0. The van der Waals surface area contributed by atoms with E-state index in [0.717, 1.165) is 4.68 Å². The summed E-state index contributed by atoms with van der Waals surface area (Å²) in [5, 5.41) is 25.1. The minimum absolute atomic E-state index is 0.0988. The standard InChI is InChI=1S/C11H15BrN4O4/c12-9-7(6-14-16(3-4-17)10(9)18)15-2-1-13-5-8(15)11(19)20/h6,8,13,17H,1-5H2,(H,19,20). The van der Waals surface area contributed by atoms with E-state index in [9.17, 15) is 14.7 Å². The number of aliphatic hydroxyl groups excluding tert-OH is 1. The van der Waals surface area contributed by atoms with Crippen LogP contribution in [-0.2, 0) is 11.3 Å². The number of anilines is 1. The average Bonchev–Trinajstić information content (AvgIpc) is 2.44. The van der Waals surface area contributed by atoms with Crippen molar-refractivity contribution >= 4 is 27.6 Å². The molecule has 2 rings (SSSR count). The third-order valence-corrected chi connectivity index (χ3v) is 3.86. The molecule has 8 nitrogen and oxygen atoms in total. The van der Waals surface area contributed by atoms with Crippen molar-refractivity contribution in [3.8, 4) is 0 Å². The maximum atomic E-state index is 12.1. The van der Waals surface area contributed by atoms with Crippen LogP contribution in [0.4, 0.5) is 5.69 Å². The van der Waals surface area contributed by atoms with Gasteiger partial charge in [-0.1, -0.05) is 0 Å². The van der Waals surface area contributed by atoms with Gasteiger partial charge in [0.2, 0.25) is 0 Å². The van der Waals surface area contributed by atoms with Crippen LogP contribution in [0.25, 0.3) is 0 Å². The number of nitrogens with zero attached hydrogens (tertiary/aromatic N) is 3. The zero-order chi connectivity index (χ0) is 14.7. The summed E-state index contributed by atoms with van der Waals surface area (Å²) in [5.41, 5.74) is 0.0670. The van der Waals surface area contributed by atoms with Gasteiger partial charge < -0.3 is 20.4 Å². The number of nitrogens with one attached hydrogen (secondary N) is 1. The van der Waals surface area contributed by atoms with Crippen molar-refractivity contribution in [1.82, 2.24) is 15.1 Å². The first kappa shape index (κ1) is 14.9. The molecule has 1 saturated heterocycles. The Hall–Kier alpha value is -1.45. The molecule has 0 saturated carbocycles. The Balaban J connectivity index is 2.39. The quantitative estimate of drug-likeness (QED) is 0.632. The molecule has 0 bridgehead atoms. The van der Waals surface area contributed by atoms with Gasteiger partial charge in [0.25, 0.3) is 5.56 Å². The SMILES string of the molecule is O=C(O)C1CNCCN1c1cnn(CCO)c(=O)c1Br. The maximum Gasteiger partial charge on any atom is 0.327 e. The van der Waals surface area contributed by atoms with Gasteiger partial charge in [0, 0.05) is 19.6 Å². The highest BCUT2D eigenvalue weighted by Gasteiger charge is 2.30. The molecule has 1 aromatic heterocycles. The van der Waals surface area contributed by atoms with Gasteiger partial charge in [0.1, 0.15) is 10.5 Å². The molecule has 1 atom stereocenters. The largest absolute Gasteiger partial charge is 0.480 e. The lowest BCUT2D eigenvalue weighted by Gasteiger charge is -2.35. The Bertz CT molecular complexity index is 562. The molecule has 0 spiro atoms. The topological polar surface area (TPSA) is 108 Å². The zero-order valence-electron chi connectivity index (χ0n) is 10.6. The summed E-state index contributed by atoms with van der Waals surface area (Å²) in [5.74, 6) is -0.955. The molecule has 3 N–H and O–H groups in total. The first-order chi connectivity index (χ1) is 9.56. The van der Waals surface area contributed by atoms with Crippen molar-refractivity contribution < 1.29 is 15.0 Å². The predicted octanol–water partition coefficient (Wildman–Crippen LogP) is -1.14. The van der Waals surface area contributed by atoms with E-state index in [2.05, 4.69) is 26.3 Å². The van der Waals surface area contributed by atoms with E-state index in [-0.39, 0.29) is 23.2 Å². The molecule has 110 valence electrons. The average molecular weight is 347 g/mol. The van der Waals surface area contributed by atoms with E-state index in [1.165, 1.54) is 6.20 Å². The van der Waals surface area contributed by atoms with E-state index in [1.807, 2.05) is 0 Å². The molecule has 0 aromatic carbocycles. The van der Waals surface area contributed by atoms with E-state index in [0.29, 0.717) is 25.3 Å². The molecule has 1 aliphatic heterocycles. The Morgan fingerprint density at radius 2 is 2.35 bits per heavy atom. The van der Waals surface area contributed by atoms with E-state index in [4.69, 9.17) is 5.11 Å².